The maximum atomic E-state index is 2.84. The fourth-order valence-electron chi connectivity index (χ4n) is 16.7. The first-order valence-electron chi connectivity index (χ1n) is 30.2. The van der Waals surface area contributed by atoms with Crippen LogP contribution < -0.4 is 20.6 Å². The first-order valence-corrected chi connectivity index (χ1v) is 31.1. The van der Waals surface area contributed by atoms with E-state index in [1.165, 1.54) is 175 Å². The van der Waals surface area contributed by atoms with Crippen LogP contribution in [0, 0.1) is 6.92 Å². The van der Waals surface area contributed by atoms with Crippen molar-refractivity contribution in [1.29, 1.82) is 0 Å². The van der Waals surface area contributed by atoms with E-state index in [0.717, 1.165) is 6.42 Å². The average Bonchev–Trinajstić information content (AvgIpc) is 3.05. The summed E-state index contributed by atoms with van der Waals surface area (Å²) < 4.78 is 2.82. The Labute approximate surface area is 481 Å². The van der Waals surface area contributed by atoms with E-state index >= 15 is 0 Å². The highest BCUT2D eigenvalue weighted by Gasteiger charge is 2.52. The molecule has 6 aliphatic rings. The summed E-state index contributed by atoms with van der Waals surface area (Å²) in [6, 6.07) is 54.0. The second-order valence-corrected chi connectivity index (χ2v) is 31.1. The highest BCUT2D eigenvalue weighted by molar-refractivity contribution is 7.26. The molecular formula is C76H79BN2S. The molecule has 4 heteroatoms. The lowest BCUT2D eigenvalue weighted by Crippen LogP contribution is -2.62. The molecule has 9 aromatic rings. The van der Waals surface area contributed by atoms with Crippen LogP contribution in [-0.4, -0.2) is 6.85 Å². The van der Waals surface area contributed by atoms with Crippen LogP contribution in [0.15, 0.2) is 133 Å². The topological polar surface area (TPSA) is 6.48 Å². The molecule has 4 aliphatic carbocycles. The van der Waals surface area contributed by atoms with Gasteiger partial charge < -0.3 is 9.71 Å². The molecule has 2 aliphatic heterocycles. The van der Waals surface area contributed by atoms with Gasteiger partial charge in [0, 0.05) is 59.6 Å². The Morgan fingerprint density at radius 1 is 0.412 bits per heavy atom. The molecule has 1 aromatic heterocycles. The molecule has 0 unspecified atom stereocenters. The van der Waals surface area contributed by atoms with Crippen LogP contribution >= 0.6 is 11.3 Å². The number of nitrogens with zero attached hydrogens (tertiary/aromatic N) is 2. The average molecular weight is 1060 g/mol. The summed E-state index contributed by atoms with van der Waals surface area (Å²) in [7, 11) is 0. The lowest BCUT2D eigenvalue weighted by atomic mass is 9.42. The van der Waals surface area contributed by atoms with Crippen LogP contribution in [0.3, 0.4) is 0 Å². The quantitative estimate of drug-likeness (QED) is 0.163. The summed E-state index contributed by atoms with van der Waals surface area (Å²) in [5, 5.41) is 2.79. The van der Waals surface area contributed by atoms with Crippen LogP contribution in [0.5, 0.6) is 0 Å². The summed E-state index contributed by atoms with van der Waals surface area (Å²) >= 11 is 2.05. The summed E-state index contributed by atoms with van der Waals surface area (Å²) in [6.07, 6.45) is 7.10. The van der Waals surface area contributed by atoms with Gasteiger partial charge in [0.2, 0.25) is 0 Å². The second kappa shape index (κ2) is 16.2. The van der Waals surface area contributed by atoms with Crippen molar-refractivity contribution in [3.8, 4) is 33.4 Å². The van der Waals surface area contributed by atoms with Gasteiger partial charge in [-0.1, -0.05) is 182 Å². The zero-order valence-corrected chi connectivity index (χ0v) is 51.1. The van der Waals surface area contributed by atoms with Gasteiger partial charge in [-0.3, -0.25) is 0 Å². The van der Waals surface area contributed by atoms with Crippen molar-refractivity contribution in [3.63, 3.8) is 0 Å². The second-order valence-electron chi connectivity index (χ2n) is 30.1. The molecule has 0 bridgehead atoms. The number of rotatable bonds is 3. The molecule has 8 aromatic carbocycles. The van der Waals surface area contributed by atoms with E-state index in [2.05, 4.69) is 258 Å². The summed E-state index contributed by atoms with van der Waals surface area (Å²) in [5.74, 6) is 0. The highest BCUT2D eigenvalue weighted by Crippen LogP contribution is 2.61. The third-order valence-corrected chi connectivity index (χ3v) is 23.1. The molecule has 0 atom stereocenters. The van der Waals surface area contributed by atoms with Crippen LogP contribution in [-0.2, 0) is 37.9 Å². The van der Waals surface area contributed by atoms with Gasteiger partial charge in [-0.25, -0.2) is 0 Å². The molecule has 0 fully saturated rings. The van der Waals surface area contributed by atoms with Gasteiger partial charge >= 0.3 is 6.85 Å². The van der Waals surface area contributed by atoms with E-state index < -0.39 is 0 Å². The van der Waals surface area contributed by atoms with Gasteiger partial charge in [0.15, 0.2) is 0 Å². The molecule has 402 valence electrons. The monoisotopic (exact) mass is 1060 g/mol. The van der Waals surface area contributed by atoms with Crippen molar-refractivity contribution >= 4 is 77.7 Å². The molecule has 80 heavy (non-hydrogen) atoms. The molecule has 2 nitrogen and oxygen atoms in total. The number of hydrogen-bond acceptors (Lipinski definition) is 3. The molecule has 0 spiro atoms. The number of benzene rings is 8. The fraction of sp³-hybridized carbons (Fsp3) is 0.368. The van der Waals surface area contributed by atoms with E-state index in [-0.39, 0.29) is 44.8 Å². The standard InChI is InChI=1S/C76H79BN2S/c1-44-37-54-57(74(10,11)35-33-71(54,4)5)42-61(44)78-62-38-46(45-21-17-16-18-22-45)25-29-59(62)77-68-63(78)41-51-48-23-19-20-24-52(48)76(14,15)67(51)66(68)65-60(79(77)47-26-28-53-55(39-47)72(6,7)32-31-70(53,2)3)30-27-49-50-40-56-58(43-64(50)80-69(49)65)75(12,13)36-34-73(56,8)9/h16-30,37-43H,31-36H2,1-15H3. The van der Waals surface area contributed by atoms with Crippen molar-refractivity contribution < 1.29 is 0 Å². The Balaban J connectivity index is 1.13. The number of anilines is 5. The van der Waals surface area contributed by atoms with Gasteiger partial charge in [-0.15, -0.1) is 11.3 Å². The Morgan fingerprint density at radius 2 is 1.00 bits per heavy atom. The van der Waals surface area contributed by atoms with Crippen LogP contribution in [0.4, 0.5) is 28.4 Å². The van der Waals surface area contributed by atoms with Gasteiger partial charge in [-0.05, 0) is 215 Å². The third kappa shape index (κ3) is 6.84. The number of hydrogen-bond donors (Lipinski definition) is 0. The minimum atomic E-state index is -0.271. The first-order chi connectivity index (χ1) is 37.8. The van der Waals surface area contributed by atoms with Gasteiger partial charge in [0.1, 0.15) is 0 Å². The maximum Gasteiger partial charge on any atom is 0.333 e. The Kier molecular flexibility index (Phi) is 10.3. The summed E-state index contributed by atoms with van der Waals surface area (Å²) in [4.78, 5) is 5.61. The van der Waals surface area contributed by atoms with Gasteiger partial charge in [-0.2, -0.15) is 0 Å². The minimum absolute atomic E-state index is 0.0294. The van der Waals surface area contributed by atoms with E-state index in [1.54, 1.807) is 0 Å². The number of thiophene rings is 1. The van der Waals surface area contributed by atoms with E-state index in [4.69, 9.17) is 0 Å². The van der Waals surface area contributed by atoms with Crippen LogP contribution in [0.2, 0.25) is 0 Å². The summed E-state index contributed by atoms with van der Waals surface area (Å²) in [5.41, 5.74) is 30.7. The summed E-state index contributed by atoms with van der Waals surface area (Å²) in [6.45, 7) is 37.1. The SMILES string of the molecule is Cc1cc2c(cc1N1c3cc(-c4ccccc4)ccc3B3c4c1cc1c(c4-c4c(ccc5c4sc4cc6c(cc45)C(C)(C)CCC6(C)C)N3c3ccc4c(c3)C(C)(C)CCC4(C)C)C(C)(C)c3ccccc3-1)C(C)(C)CCC2(C)C. The maximum absolute atomic E-state index is 2.84. The van der Waals surface area contributed by atoms with Crippen molar-refractivity contribution in [2.75, 3.05) is 9.71 Å². The van der Waals surface area contributed by atoms with E-state index in [9.17, 15) is 0 Å². The first kappa shape index (κ1) is 50.6. The van der Waals surface area contributed by atoms with Crippen LogP contribution in [0.25, 0.3) is 53.6 Å². The normalized spacial score (nSPS) is 20.3. The molecule has 3 heterocycles. The van der Waals surface area contributed by atoms with E-state index in [1.807, 2.05) is 0 Å². The van der Waals surface area contributed by atoms with Crippen molar-refractivity contribution in [2.24, 2.45) is 0 Å². The zero-order valence-electron chi connectivity index (χ0n) is 50.3. The van der Waals surface area contributed by atoms with Crippen molar-refractivity contribution in [2.45, 2.75) is 180 Å². The lowest BCUT2D eigenvalue weighted by Gasteiger charge is -2.49. The predicted octanol–water partition coefficient (Wildman–Crippen LogP) is 20.1. The Bertz CT molecular complexity index is 4190. The minimum Gasteiger partial charge on any atom is -0.376 e. The number of fused-ring (bicyclic) bond motifs is 15. The predicted molar refractivity (Wildman–Crippen MR) is 347 cm³/mol. The van der Waals surface area contributed by atoms with E-state index in [0.29, 0.717) is 0 Å². The molecule has 0 saturated heterocycles. The fourth-order valence-corrected chi connectivity index (χ4v) is 18.0. The van der Waals surface area contributed by atoms with Gasteiger partial charge in [0.25, 0.3) is 0 Å². The highest BCUT2D eigenvalue weighted by atomic mass is 32.1. The molecule has 15 rings (SSSR count). The molecular weight excluding hydrogens is 984 g/mol. The zero-order chi connectivity index (χ0) is 55.7. The smallest absolute Gasteiger partial charge is 0.333 e. The molecule has 0 saturated carbocycles. The van der Waals surface area contributed by atoms with Gasteiger partial charge in [0.05, 0.1) is 0 Å². The lowest BCUT2D eigenvalue weighted by molar-refractivity contribution is 0.332. The Hall–Kier alpha value is -6.36. The van der Waals surface area contributed by atoms with Crippen molar-refractivity contribution in [3.05, 3.63) is 184 Å². The Morgan fingerprint density at radius 3 is 1.68 bits per heavy atom. The molecule has 0 radical (unpaired) electrons. The largest absolute Gasteiger partial charge is 0.376 e. The molecule has 0 amide bonds. The number of aryl methyl sites for hydroxylation is 1. The molecule has 0 N–H and O–H groups in total. The van der Waals surface area contributed by atoms with Crippen LogP contribution in [0.1, 0.15) is 186 Å². The van der Waals surface area contributed by atoms with Crippen molar-refractivity contribution in [1.82, 2.24) is 0 Å². The third-order valence-electron chi connectivity index (χ3n) is 21.9.